The van der Waals surface area contributed by atoms with Crippen LogP contribution in [-0.4, -0.2) is 74.1 Å². The van der Waals surface area contributed by atoms with Crippen molar-refractivity contribution in [3.8, 4) is 0 Å². The third-order valence-electron chi connectivity index (χ3n) is 5.34. The Bertz CT molecular complexity index is 792. The lowest BCUT2D eigenvalue weighted by atomic mass is 9.86. The summed E-state index contributed by atoms with van der Waals surface area (Å²) in [6, 6.07) is 1.74. The third-order valence-corrected chi connectivity index (χ3v) is 8.72. The molecular formula is C16H22N2O6S2. The molecule has 0 aromatic carbocycles. The van der Waals surface area contributed by atoms with E-state index >= 15 is 0 Å². The van der Waals surface area contributed by atoms with E-state index in [4.69, 9.17) is 9.47 Å². The summed E-state index contributed by atoms with van der Waals surface area (Å²) in [6.45, 7) is 2.92. The first kappa shape index (κ1) is 18.3. The van der Waals surface area contributed by atoms with E-state index in [1.807, 2.05) is 0 Å². The molecule has 2 saturated heterocycles. The molecule has 10 heteroatoms. The number of carboxylic acids is 1. The van der Waals surface area contributed by atoms with Gasteiger partial charge in [-0.25, -0.2) is 4.79 Å². The number of morpholine rings is 1. The van der Waals surface area contributed by atoms with Gasteiger partial charge >= 0.3 is 5.97 Å². The second-order valence-electron chi connectivity index (χ2n) is 6.78. The summed E-state index contributed by atoms with van der Waals surface area (Å²) < 4.78 is 40.0. The Morgan fingerprint density at radius 1 is 1.12 bits per heavy atom. The number of piperidine rings is 1. The summed E-state index contributed by atoms with van der Waals surface area (Å²) in [6.07, 6.45) is 1.79. The molecule has 1 spiro atoms. The van der Waals surface area contributed by atoms with Crippen molar-refractivity contribution >= 4 is 27.5 Å². The lowest BCUT2D eigenvalue weighted by molar-refractivity contribution is -0.0868. The predicted molar refractivity (Wildman–Crippen MR) is 94.7 cm³/mol. The van der Waals surface area contributed by atoms with Gasteiger partial charge in [0.25, 0.3) is 10.2 Å². The summed E-state index contributed by atoms with van der Waals surface area (Å²) in [7, 11) is -3.49. The Morgan fingerprint density at radius 2 is 1.77 bits per heavy atom. The first-order chi connectivity index (χ1) is 12.4. The number of carboxylic acid groups (broad SMARTS) is 1. The number of rotatable bonds is 3. The number of hydrogen-bond acceptors (Lipinski definition) is 6. The van der Waals surface area contributed by atoms with Gasteiger partial charge < -0.3 is 14.6 Å². The van der Waals surface area contributed by atoms with Crippen LogP contribution in [0, 0.1) is 0 Å². The van der Waals surface area contributed by atoms with Gasteiger partial charge in [0, 0.05) is 31.1 Å². The number of nitrogens with zero attached hydrogens (tertiary/aromatic N) is 2. The molecule has 0 aliphatic carbocycles. The molecule has 0 atom stereocenters. The molecule has 3 aliphatic rings. The van der Waals surface area contributed by atoms with Gasteiger partial charge in [0.05, 0.1) is 19.8 Å². The minimum atomic E-state index is -3.49. The maximum atomic E-state index is 12.8. The van der Waals surface area contributed by atoms with Crippen molar-refractivity contribution in [2.75, 3.05) is 46.0 Å². The maximum absolute atomic E-state index is 12.8. The standard InChI is InChI=1S/C16H22N2O6S2/c19-15(20)13-11-12-1-8-24-16(14(12)25-13)2-4-17(5-3-16)26(21,22)18-6-9-23-10-7-18/h11H,1-10H2,(H,19,20). The summed E-state index contributed by atoms with van der Waals surface area (Å²) in [5.41, 5.74) is 0.478. The molecule has 26 heavy (non-hydrogen) atoms. The van der Waals surface area contributed by atoms with Gasteiger partial charge in [-0.3, -0.25) is 0 Å². The van der Waals surface area contributed by atoms with Crippen molar-refractivity contribution < 1.29 is 27.8 Å². The highest BCUT2D eigenvalue weighted by atomic mass is 32.2. The van der Waals surface area contributed by atoms with E-state index in [2.05, 4.69) is 0 Å². The van der Waals surface area contributed by atoms with Gasteiger partial charge in [-0.05, 0) is 30.9 Å². The highest BCUT2D eigenvalue weighted by Crippen LogP contribution is 2.45. The second kappa shape index (κ2) is 6.84. The zero-order valence-corrected chi connectivity index (χ0v) is 16.0. The van der Waals surface area contributed by atoms with Gasteiger partial charge in [-0.1, -0.05) is 0 Å². The van der Waals surface area contributed by atoms with Crippen LogP contribution in [0.15, 0.2) is 6.07 Å². The Kier molecular flexibility index (Phi) is 4.82. The number of carbonyl (C=O) groups is 1. The van der Waals surface area contributed by atoms with E-state index in [0.717, 1.165) is 10.4 Å². The van der Waals surface area contributed by atoms with Crippen LogP contribution >= 0.6 is 11.3 Å². The molecule has 1 aromatic heterocycles. The zero-order chi connectivity index (χ0) is 18.4. The van der Waals surface area contributed by atoms with Gasteiger partial charge in [0.1, 0.15) is 10.5 Å². The Labute approximate surface area is 156 Å². The molecule has 0 radical (unpaired) electrons. The van der Waals surface area contributed by atoms with Crippen molar-refractivity contribution in [2.45, 2.75) is 24.9 Å². The quantitative estimate of drug-likeness (QED) is 0.807. The molecule has 4 heterocycles. The monoisotopic (exact) mass is 402 g/mol. The van der Waals surface area contributed by atoms with Crippen LogP contribution < -0.4 is 0 Å². The van der Waals surface area contributed by atoms with Gasteiger partial charge in [-0.2, -0.15) is 17.0 Å². The number of aromatic carboxylic acids is 1. The molecule has 0 saturated carbocycles. The largest absolute Gasteiger partial charge is 0.477 e. The van der Waals surface area contributed by atoms with E-state index < -0.39 is 21.8 Å². The normalized spacial score (nSPS) is 24.5. The fourth-order valence-corrected chi connectivity index (χ4v) is 6.75. The molecule has 4 rings (SSSR count). The van der Waals surface area contributed by atoms with Gasteiger partial charge in [-0.15, -0.1) is 11.3 Å². The number of fused-ring (bicyclic) bond motifs is 2. The third kappa shape index (κ3) is 3.08. The summed E-state index contributed by atoms with van der Waals surface area (Å²) in [5.74, 6) is -0.924. The molecule has 0 unspecified atom stereocenters. The fourth-order valence-electron chi connectivity index (χ4n) is 3.92. The molecule has 1 N–H and O–H groups in total. The highest BCUT2D eigenvalue weighted by Gasteiger charge is 2.45. The van der Waals surface area contributed by atoms with E-state index in [0.29, 0.717) is 70.1 Å². The average Bonchev–Trinajstić information content (AvgIpc) is 3.09. The van der Waals surface area contributed by atoms with Crippen LogP contribution in [0.5, 0.6) is 0 Å². The van der Waals surface area contributed by atoms with Crippen molar-refractivity contribution in [3.05, 3.63) is 21.4 Å². The van der Waals surface area contributed by atoms with Crippen LogP contribution in [0.3, 0.4) is 0 Å². The topological polar surface area (TPSA) is 96.4 Å². The molecule has 2 fully saturated rings. The van der Waals surface area contributed by atoms with E-state index in [1.165, 1.54) is 19.9 Å². The minimum Gasteiger partial charge on any atom is -0.477 e. The average molecular weight is 402 g/mol. The first-order valence-electron chi connectivity index (χ1n) is 8.76. The minimum absolute atomic E-state index is 0.322. The Hall–Kier alpha value is -1.04. The van der Waals surface area contributed by atoms with Crippen molar-refractivity contribution in [2.24, 2.45) is 0 Å². The molecule has 144 valence electrons. The second-order valence-corrected chi connectivity index (χ2v) is 9.76. The van der Waals surface area contributed by atoms with Crippen LogP contribution in [-0.2, 0) is 31.7 Å². The maximum Gasteiger partial charge on any atom is 0.345 e. The van der Waals surface area contributed by atoms with E-state index in [1.54, 1.807) is 6.07 Å². The lowest BCUT2D eigenvalue weighted by Crippen LogP contribution is -2.53. The van der Waals surface area contributed by atoms with E-state index in [-0.39, 0.29) is 0 Å². The highest BCUT2D eigenvalue weighted by molar-refractivity contribution is 7.86. The van der Waals surface area contributed by atoms with Crippen molar-refractivity contribution in [1.82, 2.24) is 8.61 Å². The predicted octanol–water partition coefficient (Wildman–Crippen LogP) is 0.887. The molecule has 3 aliphatic heterocycles. The van der Waals surface area contributed by atoms with Crippen LogP contribution in [0.4, 0.5) is 0 Å². The Balaban J connectivity index is 1.53. The zero-order valence-electron chi connectivity index (χ0n) is 14.3. The molecule has 0 amide bonds. The molecule has 8 nitrogen and oxygen atoms in total. The van der Waals surface area contributed by atoms with E-state index in [9.17, 15) is 18.3 Å². The number of thiophene rings is 1. The summed E-state index contributed by atoms with van der Waals surface area (Å²) in [4.78, 5) is 12.6. The van der Waals surface area contributed by atoms with Crippen LogP contribution in [0.2, 0.25) is 0 Å². The summed E-state index contributed by atoms with van der Waals surface area (Å²) in [5, 5.41) is 9.28. The Morgan fingerprint density at radius 3 is 2.42 bits per heavy atom. The van der Waals surface area contributed by atoms with Crippen molar-refractivity contribution in [1.29, 1.82) is 0 Å². The van der Waals surface area contributed by atoms with Crippen LogP contribution in [0.1, 0.15) is 33.0 Å². The van der Waals surface area contributed by atoms with Crippen LogP contribution in [0.25, 0.3) is 0 Å². The van der Waals surface area contributed by atoms with Gasteiger partial charge in [0.2, 0.25) is 0 Å². The van der Waals surface area contributed by atoms with Crippen molar-refractivity contribution in [3.63, 3.8) is 0 Å². The smallest absolute Gasteiger partial charge is 0.345 e. The van der Waals surface area contributed by atoms with Gasteiger partial charge in [0.15, 0.2) is 0 Å². The molecular weight excluding hydrogens is 380 g/mol. The SMILES string of the molecule is O=C(O)c1cc2c(s1)C1(CCN(S(=O)(=O)N3CCOCC3)CC1)OCC2. The lowest BCUT2D eigenvalue weighted by Gasteiger charge is -2.44. The molecule has 1 aromatic rings. The molecule has 0 bridgehead atoms. The number of ether oxygens (including phenoxy) is 2. The number of hydrogen-bond donors (Lipinski definition) is 1. The fraction of sp³-hybridized carbons (Fsp3) is 0.688. The summed E-state index contributed by atoms with van der Waals surface area (Å²) >= 11 is 1.27. The first-order valence-corrected chi connectivity index (χ1v) is 11.0.